The number of ether oxygens (including phenoxy) is 1. The maximum Gasteiger partial charge on any atom is 0.410 e. The molecule has 0 radical (unpaired) electrons. The van der Waals surface area contributed by atoms with Gasteiger partial charge in [0.2, 0.25) is 0 Å². The second-order valence-electron chi connectivity index (χ2n) is 9.39. The van der Waals surface area contributed by atoms with Gasteiger partial charge in [-0.1, -0.05) is 32.9 Å². The fourth-order valence-corrected chi connectivity index (χ4v) is 3.03. The third kappa shape index (κ3) is 6.82. The van der Waals surface area contributed by atoms with Gasteiger partial charge in [-0.15, -0.1) is 0 Å². The van der Waals surface area contributed by atoms with E-state index in [2.05, 4.69) is 31.0 Å². The van der Waals surface area contributed by atoms with Crippen LogP contribution in [0.5, 0.6) is 0 Å². The van der Waals surface area contributed by atoms with Crippen LogP contribution in [-0.4, -0.2) is 66.7 Å². The van der Waals surface area contributed by atoms with Gasteiger partial charge in [0.25, 0.3) is 5.91 Å². The minimum atomic E-state index is -0.469. The van der Waals surface area contributed by atoms with Gasteiger partial charge in [-0.3, -0.25) is 9.69 Å². The van der Waals surface area contributed by atoms with Gasteiger partial charge >= 0.3 is 6.09 Å². The zero-order valence-electron chi connectivity index (χ0n) is 18.2. The van der Waals surface area contributed by atoms with E-state index in [0.717, 1.165) is 19.6 Å². The van der Waals surface area contributed by atoms with Crippen molar-refractivity contribution in [3.63, 3.8) is 0 Å². The molecule has 0 bridgehead atoms. The van der Waals surface area contributed by atoms with E-state index >= 15 is 0 Å². The molecule has 1 aliphatic heterocycles. The van der Waals surface area contributed by atoms with Gasteiger partial charge in [0.15, 0.2) is 0 Å². The summed E-state index contributed by atoms with van der Waals surface area (Å²) >= 11 is 0. The Balaban J connectivity index is 1.71. The molecule has 1 aromatic carbocycles. The topological polar surface area (TPSA) is 61.9 Å². The highest BCUT2D eigenvalue weighted by molar-refractivity contribution is 5.94. The van der Waals surface area contributed by atoms with Crippen LogP contribution < -0.4 is 5.32 Å². The van der Waals surface area contributed by atoms with E-state index < -0.39 is 5.60 Å². The van der Waals surface area contributed by atoms with Crippen molar-refractivity contribution in [2.75, 3.05) is 39.3 Å². The molecule has 1 aromatic rings. The fraction of sp³-hybridized carbons (Fsp3) is 0.636. The Kier molecular flexibility index (Phi) is 7.10. The maximum absolute atomic E-state index is 12.3. The van der Waals surface area contributed by atoms with E-state index in [-0.39, 0.29) is 17.4 Å². The number of nitrogens with zero attached hydrogens (tertiary/aromatic N) is 2. The number of nitrogens with one attached hydrogen (secondary N) is 1. The monoisotopic (exact) mass is 389 g/mol. The summed E-state index contributed by atoms with van der Waals surface area (Å²) in [5, 5.41) is 2.98. The molecule has 0 spiro atoms. The molecule has 6 heteroatoms. The number of hydrogen-bond acceptors (Lipinski definition) is 4. The molecule has 0 atom stereocenters. The number of rotatable bonds is 4. The van der Waals surface area contributed by atoms with E-state index in [1.807, 2.05) is 45.0 Å². The second kappa shape index (κ2) is 8.95. The van der Waals surface area contributed by atoms with Crippen LogP contribution in [0.15, 0.2) is 24.3 Å². The molecule has 1 aliphatic rings. The molecule has 6 nitrogen and oxygen atoms in total. The number of piperazine rings is 1. The van der Waals surface area contributed by atoms with Crippen molar-refractivity contribution < 1.29 is 14.3 Å². The maximum atomic E-state index is 12.3. The Labute approximate surface area is 169 Å². The number of hydrogen-bond donors (Lipinski definition) is 1. The third-order valence-corrected chi connectivity index (χ3v) is 4.75. The molecular weight excluding hydrogens is 354 g/mol. The molecule has 1 heterocycles. The normalized spacial score (nSPS) is 16.0. The number of carbonyl (C=O) groups excluding carboxylic acids is 2. The Morgan fingerprint density at radius 2 is 1.54 bits per heavy atom. The minimum absolute atomic E-state index is 0.0483. The summed E-state index contributed by atoms with van der Waals surface area (Å²) in [6.45, 7) is 16.3. The summed E-state index contributed by atoms with van der Waals surface area (Å²) in [7, 11) is 0. The highest BCUT2D eigenvalue weighted by Crippen LogP contribution is 2.22. The molecule has 0 unspecified atom stereocenters. The van der Waals surface area contributed by atoms with E-state index in [4.69, 9.17) is 4.74 Å². The summed E-state index contributed by atoms with van der Waals surface area (Å²) in [6.07, 6.45) is -0.251. The molecule has 1 N–H and O–H groups in total. The number of carbonyl (C=O) groups is 2. The first-order chi connectivity index (χ1) is 13.0. The predicted molar refractivity (Wildman–Crippen MR) is 112 cm³/mol. The molecule has 28 heavy (non-hydrogen) atoms. The largest absolute Gasteiger partial charge is 0.444 e. The van der Waals surface area contributed by atoms with Crippen LogP contribution in [0.4, 0.5) is 4.79 Å². The Hall–Kier alpha value is -2.08. The van der Waals surface area contributed by atoms with Crippen molar-refractivity contribution in [3.05, 3.63) is 35.4 Å². The average molecular weight is 390 g/mol. The number of amides is 2. The average Bonchev–Trinajstić information content (AvgIpc) is 2.60. The third-order valence-electron chi connectivity index (χ3n) is 4.75. The Bertz CT molecular complexity index is 664. The van der Waals surface area contributed by atoms with E-state index in [1.54, 1.807) is 4.90 Å². The molecule has 0 aliphatic carbocycles. The SMILES string of the molecule is CC(C)(C)OC(=O)N1CCN(CCNC(=O)c2ccc(C(C)(C)C)cc2)CC1. The summed E-state index contributed by atoms with van der Waals surface area (Å²) in [6, 6.07) is 7.81. The van der Waals surface area contributed by atoms with Gasteiger partial charge in [-0.05, 0) is 43.9 Å². The van der Waals surface area contributed by atoms with Crippen LogP contribution >= 0.6 is 0 Å². The smallest absolute Gasteiger partial charge is 0.410 e. The first kappa shape index (κ1) is 22.2. The van der Waals surface area contributed by atoms with Crippen LogP contribution in [0.25, 0.3) is 0 Å². The predicted octanol–water partition coefficient (Wildman–Crippen LogP) is 3.27. The van der Waals surface area contributed by atoms with Crippen LogP contribution in [0.3, 0.4) is 0 Å². The summed E-state index contributed by atoms with van der Waals surface area (Å²) in [4.78, 5) is 28.4. The Morgan fingerprint density at radius 3 is 2.04 bits per heavy atom. The van der Waals surface area contributed by atoms with Crippen LogP contribution in [-0.2, 0) is 10.2 Å². The van der Waals surface area contributed by atoms with Crippen LogP contribution in [0.1, 0.15) is 57.5 Å². The summed E-state index contributed by atoms with van der Waals surface area (Å²) in [5.41, 5.74) is 1.51. The lowest BCUT2D eigenvalue weighted by molar-refractivity contribution is 0.0147. The quantitative estimate of drug-likeness (QED) is 0.859. The van der Waals surface area contributed by atoms with Gasteiger partial charge in [0.1, 0.15) is 5.60 Å². The van der Waals surface area contributed by atoms with E-state index in [0.29, 0.717) is 25.2 Å². The number of benzene rings is 1. The summed E-state index contributed by atoms with van der Waals surface area (Å²) in [5.74, 6) is -0.0483. The molecule has 2 amide bonds. The molecular formula is C22H35N3O3. The van der Waals surface area contributed by atoms with E-state index in [1.165, 1.54) is 5.56 Å². The second-order valence-corrected chi connectivity index (χ2v) is 9.39. The molecule has 156 valence electrons. The zero-order chi connectivity index (χ0) is 20.9. The van der Waals surface area contributed by atoms with Crippen molar-refractivity contribution in [1.29, 1.82) is 0 Å². The lowest BCUT2D eigenvalue weighted by atomic mass is 9.87. The van der Waals surface area contributed by atoms with E-state index in [9.17, 15) is 9.59 Å². The zero-order valence-corrected chi connectivity index (χ0v) is 18.2. The van der Waals surface area contributed by atoms with Gasteiger partial charge in [-0.2, -0.15) is 0 Å². The van der Waals surface area contributed by atoms with Gasteiger partial charge in [0, 0.05) is 44.8 Å². The van der Waals surface area contributed by atoms with Gasteiger partial charge in [-0.25, -0.2) is 4.79 Å². The standard InChI is InChI=1S/C22H35N3O3/c1-21(2,3)18-9-7-17(8-10-18)19(26)23-11-12-24-13-15-25(16-14-24)20(27)28-22(4,5)6/h7-10H,11-16H2,1-6H3,(H,23,26). The first-order valence-corrected chi connectivity index (χ1v) is 10.0. The van der Waals surface area contributed by atoms with Crippen LogP contribution in [0, 0.1) is 0 Å². The lowest BCUT2D eigenvalue weighted by Gasteiger charge is -2.35. The molecule has 1 saturated heterocycles. The lowest BCUT2D eigenvalue weighted by Crippen LogP contribution is -2.51. The summed E-state index contributed by atoms with van der Waals surface area (Å²) < 4.78 is 5.41. The van der Waals surface area contributed by atoms with Crippen molar-refractivity contribution >= 4 is 12.0 Å². The molecule has 2 rings (SSSR count). The van der Waals surface area contributed by atoms with Gasteiger partial charge < -0.3 is 15.0 Å². The van der Waals surface area contributed by atoms with Crippen molar-refractivity contribution in [1.82, 2.24) is 15.1 Å². The van der Waals surface area contributed by atoms with Crippen molar-refractivity contribution in [3.8, 4) is 0 Å². The first-order valence-electron chi connectivity index (χ1n) is 10.0. The van der Waals surface area contributed by atoms with Crippen molar-refractivity contribution in [2.45, 2.75) is 52.6 Å². The van der Waals surface area contributed by atoms with Crippen LogP contribution in [0.2, 0.25) is 0 Å². The highest BCUT2D eigenvalue weighted by atomic mass is 16.6. The van der Waals surface area contributed by atoms with Crippen molar-refractivity contribution in [2.24, 2.45) is 0 Å². The fourth-order valence-electron chi connectivity index (χ4n) is 3.03. The molecule has 1 fully saturated rings. The Morgan fingerprint density at radius 1 is 0.964 bits per heavy atom. The highest BCUT2D eigenvalue weighted by Gasteiger charge is 2.25. The van der Waals surface area contributed by atoms with Gasteiger partial charge in [0.05, 0.1) is 0 Å². The molecule has 0 saturated carbocycles. The molecule has 0 aromatic heterocycles. The minimum Gasteiger partial charge on any atom is -0.444 e.